The third-order valence-electron chi connectivity index (χ3n) is 1.97. The van der Waals surface area contributed by atoms with Crippen LogP contribution in [0.5, 0.6) is 0 Å². The molecule has 5 heteroatoms. The van der Waals surface area contributed by atoms with Gasteiger partial charge >= 0.3 is 0 Å². The monoisotopic (exact) mass is 315 g/mol. The van der Waals surface area contributed by atoms with Gasteiger partial charge in [-0.25, -0.2) is 0 Å². The smallest absolute Gasteiger partial charge is 0.127 e. The van der Waals surface area contributed by atoms with Gasteiger partial charge in [-0.1, -0.05) is 34.7 Å². The minimum Gasteiger partial charge on any atom is -0.384 e. The second-order valence-corrected chi connectivity index (χ2v) is 5.04. The fraction of sp³-hybridized carbons (Fsp3) is 1.00. The average molecular weight is 315 g/mol. The van der Waals surface area contributed by atoms with E-state index < -0.39 is 0 Å². The van der Waals surface area contributed by atoms with Crippen molar-refractivity contribution in [2.45, 2.75) is 23.3 Å². The second kappa shape index (κ2) is 8.55. The molecule has 0 spiro atoms. The summed E-state index contributed by atoms with van der Waals surface area (Å²) in [5.74, 6) is 0.447. The van der Waals surface area contributed by atoms with E-state index in [0.717, 1.165) is 13.0 Å². The molecule has 84 valence electrons. The number of halogens is 1. The molecular weight excluding hydrogens is 297 g/mol. The van der Waals surface area contributed by atoms with Crippen LogP contribution < -0.4 is 0 Å². The van der Waals surface area contributed by atoms with Crippen LogP contribution in [0.1, 0.15) is 13.3 Å². The standard InChI is InChI=1S/C9H18INO3/c1-7(5-13-2)4-8(10)9(11-12)6-14-3/h7-9H,4-6H2,1-3H3. The summed E-state index contributed by atoms with van der Waals surface area (Å²) in [7, 11) is 3.27. The number of hydrogen-bond donors (Lipinski definition) is 0. The topological polar surface area (TPSA) is 47.9 Å². The summed E-state index contributed by atoms with van der Waals surface area (Å²) in [6, 6.07) is -0.250. The van der Waals surface area contributed by atoms with E-state index in [1.165, 1.54) is 0 Å². The van der Waals surface area contributed by atoms with Crippen LogP contribution in [0.15, 0.2) is 5.18 Å². The fourth-order valence-corrected chi connectivity index (χ4v) is 2.47. The maximum atomic E-state index is 10.5. The van der Waals surface area contributed by atoms with E-state index in [1.807, 2.05) is 0 Å². The molecular formula is C9H18INO3. The van der Waals surface area contributed by atoms with Gasteiger partial charge in [-0.2, -0.15) is 4.91 Å². The number of alkyl halides is 1. The molecule has 0 aliphatic carbocycles. The van der Waals surface area contributed by atoms with Crippen molar-refractivity contribution >= 4 is 22.6 Å². The zero-order valence-corrected chi connectivity index (χ0v) is 11.1. The van der Waals surface area contributed by atoms with Crippen molar-refractivity contribution in [2.24, 2.45) is 11.1 Å². The van der Waals surface area contributed by atoms with Crippen LogP contribution in [0.4, 0.5) is 0 Å². The van der Waals surface area contributed by atoms with Crippen molar-refractivity contribution in [1.29, 1.82) is 0 Å². The molecule has 0 aliphatic heterocycles. The minimum atomic E-state index is -0.250. The molecule has 0 rings (SSSR count). The Balaban J connectivity index is 3.89. The van der Waals surface area contributed by atoms with Crippen molar-refractivity contribution in [3.63, 3.8) is 0 Å². The Bertz CT molecular complexity index is 157. The Hall–Kier alpha value is 0.250. The lowest BCUT2D eigenvalue weighted by atomic mass is 10.0. The first-order chi connectivity index (χ1) is 6.65. The number of methoxy groups -OCH3 is 2. The largest absolute Gasteiger partial charge is 0.384 e. The lowest BCUT2D eigenvalue weighted by Crippen LogP contribution is -2.26. The van der Waals surface area contributed by atoms with Gasteiger partial charge in [0.2, 0.25) is 0 Å². The average Bonchev–Trinajstić information content (AvgIpc) is 2.14. The summed E-state index contributed by atoms with van der Waals surface area (Å²) < 4.78 is 10.2. The minimum absolute atomic E-state index is 0.218. The van der Waals surface area contributed by atoms with Crippen LogP contribution in [-0.2, 0) is 9.47 Å². The molecule has 0 radical (unpaired) electrons. The van der Waals surface area contributed by atoms with E-state index in [9.17, 15) is 4.91 Å². The van der Waals surface area contributed by atoms with E-state index >= 15 is 0 Å². The van der Waals surface area contributed by atoms with E-state index in [4.69, 9.17) is 9.47 Å². The molecule has 0 N–H and O–H groups in total. The van der Waals surface area contributed by atoms with E-state index in [-0.39, 0.29) is 9.97 Å². The highest BCUT2D eigenvalue weighted by atomic mass is 127. The second-order valence-electron chi connectivity index (χ2n) is 3.44. The third kappa shape index (κ3) is 5.87. The fourth-order valence-electron chi connectivity index (χ4n) is 1.27. The van der Waals surface area contributed by atoms with E-state index in [0.29, 0.717) is 12.5 Å². The maximum absolute atomic E-state index is 10.5. The van der Waals surface area contributed by atoms with Crippen molar-refractivity contribution in [2.75, 3.05) is 27.4 Å². The predicted molar refractivity (Wildman–Crippen MR) is 64.9 cm³/mol. The van der Waals surface area contributed by atoms with Crippen LogP contribution >= 0.6 is 22.6 Å². The zero-order chi connectivity index (χ0) is 11.0. The van der Waals surface area contributed by atoms with Crippen LogP contribution in [-0.4, -0.2) is 37.4 Å². The lowest BCUT2D eigenvalue weighted by Gasteiger charge is -2.18. The Kier molecular flexibility index (Phi) is 8.70. The molecule has 4 nitrogen and oxygen atoms in total. The highest BCUT2D eigenvalue weighted by Crippen LogP contribution is 2.19. The Morgan fingerprint density at radius 2 is 1.86 bits per heavy atom. The Morgan fingerprint density at radius 1 is 1.29 bits per heavy atom. The normalized spacial score (nSPS) is 17.4. The molecule has 14 heavy (non-hydrogen) atoms. The summed E-state index contributed by atoms with van der Waals surface area (Å²) in [4.78, 5) is 10.5. The first kappa shape index (κ1) is 14.2. The van der Waals surface area contributed by atoms with Gasteiger partial charge in [0.05, 0.1) is 6.61 Å². The van der Waals surface area contributed by atoms with Gasteiger partial charge in [0.25, 0.3) is 0 Å². The van der Waals surface area contributed by atoms with Crippen molar-refractivity contribution < 1.29 is 9.47 Å². The maximum Gasteiger partial charge on any atom is 0.127 e. The molecule has 0 aromatic rings. The molecule has 0 aliphatic rings. The quantitative estimate of drug-likeness (QED) is 0.392. The molecule has 0 aromatic carbocycles. The molecule has 0 fully saturated rings. The lowest BCUT2D eigenvalue weighted by molar-refractivity contribution is 0.147. The number of hydrogen-bond acceptors (Lipinski definition) is 4. The van der Waals surface area contributed by atoms with Gasteiger partial charge in [0, 0.05) is 24.8 Å². The van der Waals surface area contributed by atoms with Crippen LogP contribution in [0.2, 0.25) is 0 Å². The first-order valence-corrected chi connectivity index (χ1v) is 5.84. The van der Waals surface area contributed by atoms with Crippen LogP contribution in [0, 0.1) is 10.8 Å². The van der Waals surface area contributed by atoms with Crippen molar-refractivity contribution in [3.8, 4) is 0 Å². The zero-order valence-electron chi connectivity index (χ0n) is 8.90. The van der Waals surface area contributed by atoms with Gasteiger partial charge in [-0.05, 0) is 12.3 Å². The summed E-state index contributed by atoms with van der Waals surface area (Å²) in [6.45, 7) is 3.22. The molecule has 0 bridgehead atoms. The third-order valence-corrected chi connectivity index (χ3v) is 3.31. The molecule has 3 atom stereocenters. The number of nitroso groups, excluding NO2 is 1. The molecule has 0 saturated carbocycles. The molecule has 0 amide bonds. The van der Waals surface area contributed by atoms with Gasteiger partial charge < -0.3 is 9.47 Å². The van der Waals surface area contributed by atoms with Crippen molar-refractivity contribution in [3.05, 3.63) is 4.91 Å². The predicted octanol–water partition coefficient (Wildman–Crippen LogP) is 2.24. The van der Waals surface area contributed by atoms with Gasteiger partial charge in [0.1, 0.15) is 6.04 Å². The van der Waals surface area contributed by atoms with Gasteiger partial charge in [-0.15, -0.1) is 0 Å². The molecule has 3 unspecified atom stereocenters. The molecule has 0 heterocycles. The van der Waals surface area contributed by atoms with E-state index in [1.54, 1.807) is 14.2 Å². The highest BCUT2D eigenvalue weighted by Gasteiger charge is 2.21. The van der Waals surface area contributed by atoms with Gasteiger partial charge in [-0.3, -0.25) is 0 Å². The van der Waals surface area contributed by atoms with Crippen LogP contribution in [0.25, 0.3) is 0 Å². The Labute approximate surface area is 98.8 Å². The van der Waals surface area contributed by atoms with Gasteiger partial charge in [0.15, 0.2) is 0 Å². The summed E-state index contributed by atoms with van der Waals surface area (Å²) in [5, 5.41) is 3.07. The SMILES string of the molecule is COCC(C)CC(I)C(COC)N=O. The van der Waals surface area contributed by atoms with E-state index in [2.05, 4.69) is 34.7 Å². The summed E-state index contributed by atoms with van der Waals surface area (Å²) in [6.07, 6.45) is 0.925. The van der Waals surface area contributed by atoms with Crippen LogP contribution in [0.3, 0.4) is 0 Å². The molecule has 0 aromatic heterocycles. The first-order valence-electron chi connectivity index (χ1n) is 4.60. The summed E-state index contributed by atoms with van der Waals surface area (Å²) >= 11 is 2.25. The number of nitrogens with zero attached hydrogens (tertiary/aromatic N) is 1. The molecule has 0 saturated heterocycles. The number of ether oxygens (including phenoxy) is 2. The Morgan fingerprint density at radius 3 is 2.29 bits per heavy atom. The number of rotatable bonds is 8. The summed E-state index contributed by atoms with van der Waals surface area (Å²) in [5.41, 5.74) is 0. The highest BCUT2D eigenvalue weighted by molar-refractivity contribution is 14.1. The van der Waals surface area contributed by atoms with Crippen molar-refractivity contribution in [1.82, 2.24) is 0 Å².